The number of carboxylic acid groups (broad SMARTS) is 1. The topological polar surface area (TPSA) is 163 Å². The van der Waals surface area contributed by atoms with Crippen molar-refractivity contribution in [1.29, 1.82) is 0 Å². The van der Waals surface area contributed by atoms with Crippen LogP contribution >= 0.6 is 0 Å². The number of esters is 2. The number of phenols is 1. The molecule has 0 unspecified atom stereocenters. The Bertz CT molecular complexity index is 1680. The summed E-state index contributed by atoms with van der Waals surface area (Å²) in [4.78, 5) is 54.5. The normalized spacial score (nSPS) is 24.5. The molecule has 4 rings (SSSR count). The van der Waals surface area contributed by atoms with Gasteiger partial charge >= 0.3 is 17.9 Å². The van der Waals surface area contributed by atoms with Gasteiger partial charge in [0.2, 0.25) is 11.5 Å². The smallest absolute Gasteiger partial charge is 0.356 e. The lowest BCUT2D eigenvalue weighted by Gasteiger charge is -2.35. The molecular formula is C47H74N2O9. The first-order chi connectivity index (χ1) is 27.2. The van der Waals surface area contributed by atoms with Crippen LogP contribution < -0.4 is 10.1 Å². The number of carboxylic acids is 1. The second-order valence-electron chi connectivity index (χ2n) is 19.3. The summed E-state index contributed by atoms with van der Waals surface area (Å²) in [6, 6.07) is -2.14. The van der Waals surface area contributed by atoms with E-state index in [-0.39, 0.29) is 18.0 Å². The minimum absolute atomic E-state index is 0.0917. The second-order valence-corrected chi connectivity index (χ2v) is 19.3. The van der Waals surface area contributed by atoms with Gasteiger partial charge in [0, 0.05) is 23.1 Å². The molecule has 11 nitrogen and oxygen atoms in total. The third kappa shape index (κ3) is 10.1. The highest BCUT2D eigenvalue weighted by atomic mass is 16.6. The number of benzene rings is 1. The molecule has 326 valence electrons. The molecule has 4 N–H and O–H groups in total. The van der Waals surface area contributed by atoms with Crippen LogP contribution in [0.2, 0.25) is 0 Å². The van der Waals surface area contributed by atoms with E-state index in [1.807, 2.05) is 25.7 Å². The fraction of sp³-hybridized carbons (Fsp3) is 0.745. The molecule has 1 saturated carbocycles. The molecule has 6 atom stereocenters. The Kier molecular flexibility index (Phi) is 16.1. The van der Waals surface area contributed by atoms with E-state index >= 15 is 0 Å². The third-order valence-electron chi connectivity index (χ3n) is 14.4. The summed E-state index contributed by atoms with van der Waals surface area (Å²) in [5.74, 6) is -0.345. The molecule has 0 aromatic heterocycles. The summed E-state index contributed by atoms with van der Waals surface area (Å²) in [5.41, 5.74) is 0.336. The molecule has 1 amide bonds. The van der Waals surface area contributed by atoms with Gasteiger partial charge < -0.3 is 30.1 Å². The zero-order valence-corrected chi connectivity index (χ0v) is 37.2. The van der Waals surface area contributed by atoms with E-state index in [9.17, 15) is 34.5 Å². The van der Waals surface area contributed by atoms with Crippen LogP contribution in [0, 0.1) is 42.4 Å². The number of nitrogens with zero attached hydrogens (tertiary/aromatic N) is 1. The van der Waals surface area contributed by atoms with E-state index in [1.165, 1.54) is 44.1 Å². The lowest BCUT2D eigenvalue weighted by Crippen LogP contribution is -2.51. The summed E-state index contributed by atoms with van der Waals surface area (Å²) in [6.45, 7) is 20.5. The number of phenolic OH excluding ortho intramolecular Hbond substituents is 1. The first-order valence-electron chi connectivity index (χ1n) is 22.0. The number of allylic oxidation sites excluding steroid dienone is 2. The van der Waals surface area contributed by atoms with Gasteiger partial charge in [0.1, 0.15) is 17.5 Å². The van der Waals surface area contributed by atoms with Gasteiger partial charge in [-0.2, -0.15) is 0 Å². The maximum atomic E-state index is 14.4. The molecule has 1 aliphatic carbocycles. The van der Waals surface area contributed by atoms with Crippen molar-refractivity contribution in [3.05, 3.63) is 33.9 Å². The van der Waals surface area contributed by atoms with Gasteiger partial charge in [-0.05, 0) is 108 Å². The standard InChI is InChI=1S/C47H74N2O9/c1-29(2)15-11-16-30(3)17-12-18-31(4)19-13-20-32(5)22-23-35-36(27-49-26-14-21-38(49)41(52)48-37(28-50)42(53)54)40(34(7)33(6)39(35)51)57-44(56)47-25-24-46(10,43(55)58-47)45(47,8)9/h22,29-31,37-38,50-51H,11-21,23-28H2,1-10H3,(H,48,52)(H,53,54)/b32-22+/t30-,31-,37+,38+,46+,47-/m1/s1. The molecular weight excluding hydrogens is 737 g/mol. The van der Waals surface area contributed by atoms with Crippen molar-refractivity contribution in [2.75, 3.05) is 13.2 Å². The molecule has 3 aliphatic rings. The second kappa shape index (κ2) is 19.7. The fourth-order valence-electron chi connectivity index (χ4n) is 9.54. The highest BCUT2D eigenvalue weighted by molar-refractivity contribution is 5.95. The Hall–Kier alpha value is -3.44. The first kappa shape index (κ1) is 47.2. The van der Waals surface area contributed by atoms with Gasteiger partial charge in [-0.15, -0.1) is 0 Å². The summed E-state index contributed by atoms with van der Waals surface area (Å²) >= 11 is 0. The number of carbonyl (C=O) groups excluding carboxylic acids is 3. The highest BCUT2D eigenvalue weighted by Gasteiger charge is 2.76. The van der Waals surface area contributed by atoms with Gasteiger partial charge in [0.25, 0.3) is 0 Å². The number of aliphatic carboxylic acids is 1. The number of fused-ring (bicyclic) bond motifs is 2. The van der Waals surface area contributed by atoms with Crippen molar-refractivity contribution in [3.63, 3.8) is 0 Å². The van der Waals surface area contributed by atoms with Crippen LogP contribution in [0.15, 0.2) is 11.6 Å². The van der Waals surface area contributed by atoms with Crippen molar-refractivity contribution in [1.82, 2.24) is 10.2 Å². The van der Waals surface area contributed by atoms with Crippen LogP contribution in [0.25, 0.3) is 0 Å². The Morgan fingerprint density at radius 3 is 2.12 bits per heavy atom. The molecule has 58 heavy (non-hydrogen) atoms. The van der Waals surface area contributed by atoms with Crippen molar-refractivity contribution in [3.8, 4) is 11.5 Å². The van der Waals surface area contributed by atoms with Crippen molar-refractivity contribution in [2.45, 2.75) is 183 Å². The number of aliphatic hydroxyl groups excluding tert-OH is 1. The van der Waals surface area contributed by atoms with Gasteiger partial charge in [-0.25, -0.2) is 9.59 Å². The Balaban J connectivity index is 1.56. The van der Waals surface area contributed by atoms with Crippen molar-refractivity contribution in [2.24, 2.45) is 28.6 Å². The number of ether oxygens (including phenoxy) is 2. The van der Waals surface area contributed by atoms with E-state index in [0.29, 0.717) is 66.8 Å². The van der Waals surface area contributed by atoms with E-state index in [0.717, 1.165) is 31.1 Å². The molecule has 0 radical (unpaired) electrons. The van der Waals surface area contributed by atoms with E-state index in [1.54, 1.807) is 13.8 Å². The third-order valence-corrected chi connectivity index (χ3v) is 14.4. The largest absolute Gasteiger partial charge is 0.507 e. The maximum Gasteiger partial charge on any atom is 0.356 e. The molecule has 2 bridgehead atoms. The predicted octanol–water partition coefficient (Wildman–Crippen LogP) is 8.49. The molecule has 11 heteroatoms. The molecule has 1 aromatic carbocycles. The predicted molar refractivity (Wildman–Crippen MR) is 225 cm³/mol. The van der Waals surface area contributed by atoms with Gasteiger partial charge in [0.15, 0.2) is 0 Å². The Morgan fingerprint density at radius 1 is 0.948 bits per heavy atom. The van der Waals surface area contributed by atoms with Crippen LogP contribution in [-0.4, -0.2) is 74.9 Å². The first-order valence-corrected chi connectivity index (χ1v) is 22.0. The Morgan fingerprint density at radius 2 is 1.57 bits per heavy atom. The molecule has 3 fully saturated rings. The van der Waals surface area contributed by atoms with E-state index in [4.69, 9.17) is 9.47 Å². The SMILES string of the molecule is C/C(=C\Cc1c(O)c(C)c(C)c(OC(=O)[C@@]23CC[C@@](C)(C(=O)O2)C3(C)C)c1CN1CCC[C@H]1C(=O)N[C@@H](CO)C(=O)O)CCC[C@H](C)CCC[C@H](C)CCCC(C)C. The quantitative estimate of drug-likeness (QED) is 0.0508. The van der Waals surface area contributed by atoms with Crippen molar-refractivity contribution < 1.29 is 44.0 Å². The van der Waals surface area contributed by atoms with Gasteiger partial charge in [0.05, 0.1) is 18.1 Å². The van der Waals surface area contributed by atoms with Crippen molar-refractivity contribution >= 4 is 23.8 Å². The molecule has 2 heterocycles. The number of aromatic hydroxyl groups is 1. The molecule has 0 spiro atoms. The van der Waals surface area contributed by atoms with E-state index < -0.39 is 58.9 Å². The van der Waals surface area contributed by atoms with Gasteiger partial charge in [-0.1, -0.05) is 98.1 Å². The number of nitrogens with one attached hydrogen (secondary N) is 1. The molecule has 2 saturated heterocycles. The summed E-state index contributed by atoms with van der Waals surface area (Å²) in [7, 11) is 0. The Labute approximate surface area is 347 Å². The lowest BCUT2D eigenvalue weighted by molar-refractivity contribution is -0.176. The zero-order valence-electron chi connectivity index (χ0n) is 37.2. The number of carbonyl (C=O) groups is 4. The molecule has 1 aromatic rings. The van der Waals surface area contributed by atoms with Gasteiger partial charge in [-0.3, -0.25) is 14.5 Å². The van der Waals surface area contributed by atoms with Crippen LogP contribution in [0.5, 0.6) is 11.5 Å². The van der Waals surface area contributed by atoms with E-state index in [2.05, 4.69) is 46.0 Å². The number of hydrogen-bond acceptors (Lipinski definition) is 9. The van der Waals surface area contributed by atoms with Crippen LogP contribution in [0.4, 0.5) is 0 Å². The summed E-state index contributed by atoms with van der Waals surface area (Å²) < 4.78 is 12.3. The lowest BCUT2D eigenvalue weighted by atomic mass is 9.66. The summed E-state index contributed by atoms with van der Waals surface area (Å²) in [5, 5.41) is 33.3. The van der Waals surface area contributed by atoms with Crippen LogP contribution in [0.3, 0.4) is 0 Å². The minimum Gasteiger partial charge on any atom is -0.507 e. The number of hydrogen-bond donors (Lipinski definition) is 4. The number of amides is 1. The number of rotatable bonds is 22. The van der Waals surface area contributed by atoms with Crippen LogP contribution in [0.1, 0.15) is 161 Å². The minimum atomic E-state index is -1.47. The monoisotopic (exact) mass is 811 g/mol. The summed E-state index contributed by atoms with van der Waals surface area (Å²) in [6.07, 6.45) is 15.3. The maximum absolute atomic E-state index is 14.4. The van der Waals surface area contributed by atoms with Crippen LogP contribution in [-0.2, 0) is 36.9 Å². The number of aliphatic hydroxyl groups is 1. The zero-order chi connectivity index (χ0) is 43.2. The highest BCUT2D eigenvalue weighted by Crippen LogP contribution is 2.66. The molecule has 2 aliphatic heterocycles. The average molecular weight is 811 g/mol. The number of likely N-dealkylation sites (tertiary alicyclic amines) is 1. The fourth-order valence-corrected chi connectivity index (χ4v) is 9.54. The average Bonchev–Trinajstić information content (AvgIpc) is 3.75.